The molecule has 0 saturated carbocycles. The molecule has 116 valence electrons. The summed E-state index contributed by atoms with van der Waals surface area (Å²) >= 11 is 1.29. The second kappa shape index (κ2) is 6.89. The lowest BCUT2D eigenvalue weighted by Gasteiger charge is -2.13. The summed E-state index contributed by atoms with van der Waals surface area (Å²) in [5.74, 6) is -0.454. The number of benzene rings is 1. The first kappa shape index (κ1) is 15.0. The number of carbonyl (C=O) groups is 1. The Labute approximate surface area is 133 Å². The number of carboxylic acids is 1. The highest BCUT2D eigenvalue weighted by molar-refractivity contribution is 7.13. The third kappa shape index (κ3) is 3.64. The molecule has 2 heterocycles. The van der Waals surface area contributed by atoms with Crippen molar-refractivity contribution in [3.8, 4) is 16.3 Å². The van der Waals surface area contributed by atoms with E-state index in [-0.39, 0.29) is 5.69 Å². The summed E-state index contributed by atoms with van der Waals surface area (Å²) in [5.41, 5.74) is 0.840. The van der Waals surface area contributed by atoms with E-state index < -0.39 is 5.97 Å². The number of hydrogen-bond acceptors (Lipinski definition) is 5. The van der Waals surface area contributed by atoms with E-state index >= 15 is 0 Å². The van der Waals surface area contributed by atoms with E-state index in [4.69, 9.17) is 4.74 Å². The first-order chi connectivity index (χ1) is 10.7. The molecule has 0 unspecified atom stereocenters. The van der Waals surface area contributed by atoms with Gasteiger partial charge in [-0.1, -0.05) is 12.1 Å². The van der Waals surface area contributed by atoms with Crippen LogP contribution in [0, 0.1) is 0 Å². The Morgan fingerprint density at radius 3 is 2.91 bits per heavy atom. The smallest absolute Gasteiger partial charge is 0.137 e. The molecule has 3 rings (SSSR count). The summed E-state index contributed by atoms with van der Waals surface area (Å²) in [7, 11) is 0. The number of ether oxygens (including phenoxy) is 1. The van der Waals surface area contributed by atoms with Crippen LogP contribution in [0.1, 0.15) is 23.3 Å². The number of aromatic carboxylic acids is 1. The normalized spacial score (nSPS) is 15.1. The average molecular weight is 318 g/mol. The molecular formula is C16H18N2O3S. The van der Waals surface area contributed by atoms with Crippen LogP contribution in [0.3, 0.4) is 0 Å². The van der Waals surface area contributed by atoms with E-state index in [2.05, 4.69) is 4.98 Å². The van der Waals surface area contributed by atoms with Crippen molar-refractivity contribution in [2.75, 3.05) is 26.2 Å². The van der Waals surface area contributed by atoms with E-state index in [0.717, 1.165) is 17.9 Å². The highest BCUT2D eigenvalue weighted by Gasteiger charge is 2.14. The van der Waals surface area contributed by atoms with E-state index in [1.54, 1.807) is 4.90 Å². The monoisotopic (exact) mass is 318 g/mol. The summed E-state index contributed by atoms with van der Waals surface area (Å²) < 4.78 is 5.81. The number of thiazole rings is 1. The lowest BCUT2D eigenvalue weighted by atomic mass is 10.2. The molecule has 0 aliphatic carbocycles. The number of nitrogens with zero attached hydrogens (tertiary/aromatic N) is 1. The molecule has 0 spiro atoms. The summed E-state index contributed by atoms with van der Waals surface area (Å²) in [5, 5.41) is 12.9. The Hall–Kier alpha value is -1.92. The Morgan fingerprint density at radius 2 is 2.18 bits per heavy atom. The molecule has 1 aromatic carbocycles. The zero-order valence-corrected chi connectivity index (χ0v) is 13.0. The summed E-state index contributed by atoms with van der Waals surface area (Å²) in [6.07, 6.45) is 2.63. The van der Waals surface area contributed by atoms with Crippen LogP contribution in [0.5, 0.6) is 5.75 Å². The summed E-state index contributed by atoms with van der Waals surface area (Å²) in [4.78, 5) is 16.5. The van der Waals surface area contributed by atoms with Crippen LogP contribution in [0.25, 0.3) is 10.6 Å². The van der Waals surface area contributed by atoms with Gasteiger partial charge in [0, 0.05) is 23.8 Å². The fourth-order valence-electron chi connectivity index (χ4n) is 2.66. The van der Waals surface area contributed by atoms with Crippen molar-refractivity contribution in [3.63, 3.8) is 0 Å². The summed E-state index contributed by atoms with van der Waals surface area (Å²) in [6, 6.07) is 7.61. The molecule has 1 saturated heterocycles. The number of rotatable bonds is 6. The maximum absolute atomic E-state index is 10.8. The predicted molar refractivity (Wildman–Crippen MR) is 82.2 cm³/mol. The number of carboxylic acid groups (broad SMARTS) is 1. The molecule has 0 bridgehead atoms. The minimum absolute atomic E-state index is 0.0241. The molecule has 1 aromatic heterocycles. The minimum Gasteiger partial charge on any atom is -0.543 e. The van der Waals surface area contributed by atoms with Crippen LogP contribution in [0.15, 0.2) is 29.6 Å². The van der Waals surface area contributed by atoms with Gasteiger partial charge in [0.1, 0.15) is 23.9 Å². The van der Waals surface area contributed by atoms with Gasteiger partial charge in [0.2, 0.25) is 0 Å². The van der Waals surface area contributed by atoms with Gasteiger partial charge in [-0.3, -0.25) is 0 Å². The van der Waals surface area contributed by atoms with Crippen molar-refractivity contribution in [1.82, 2.24) is 4.98 Å². The Kier molecular flexibility index (Phi) is 4.70. The lowest BCUT2D eigenvalue weighted by molar-refractivity contribution is -0.887. The van der Waals surface area contributed by atoms with E-state index in [1.165, 1.54) is 42.6 Å². The van der Waals surface area contributed by atoms with Gasteiger partial charge in [-0.15, -0.1) is 11.3 Å². The molecule has 0 amide bonds. The van der Waals surface area contributed by atoms with E-state index in [0.29, 0.717) is 11.6 Å². The second-order valence-corrected chi connectivity index (χ2v) is 6.27. The van der Waals surface area contributed by atoms with Gasteiger partial charge in [0.05, 0.1) is 24.8 Å². The largest absolute Gasteiger partial charge is 0.543 e. The zero-order valence-electron chi connectivity index (χ0n) is 12.2. The van der Waals surface area contributed by atoms with Crippen molar-refractivity contribution in [1.29, 1.82) is 0 Å². The lowest BCUT2D eigenvalue weighted by Crippen LogP contribution is -3.10. The first-order valence-electron chi connectivity index (χ1n) is 7.46. The van der Waals surface area contributed by atoms with Crippen molar-refractivity contribution in [3.05, 3.63) is 35.3 Å². The number of hydrogen-bond donors (Lipinski definition) is 1. The van der Waals surface area contributed by atoms with Gasteiger partial charge in [-0.25, -0.2) is 4.98 Å². The minimum atomic E-state index is -1.25. The molecule has 2 aromatic rings. The first-order valence-corrected chi connectivity index (χ1v) is 8.34. The van der Waals surface area contributed by atoms with Crippen molar-refractivity contribution in [2.45, 2.75) is 12.8 Å². The molecule has 5 nitrogen and oxygen atoms in total. The third-order valence-electron chi connectivity index (χ3n) is 3.83. The fourth-order valence-corrected chi connectivity index (χ4v) is 3.44. The van der Waals surface area contributed by atoms with Gasteiger partial charge < -0.3 is 19.5 Å². The van der Waals surface area contributed by atoms with Crippen LogP contribution in [-0.2, 0) is 0 Å². The van der Waals surface area contributed by atoms with Gasteiger partial charge in [-0.2, -0.15) is 0 Å². The van der Waals surface area contributed by atoms with Crippen LogP contribution in [0.2, 0.25) is 0 Å². The average Bonchev–Trinajstić information content (AvgIpc) is 3.19. The molecule has 0 radical (unpaired) electrons. The molecule has 1 aliphatic rings. The maximum Gasteiger partial charge on any atom is 0.137 e. The van der Waals surface area contributed by atoms with Crippen LogP contribution in [0.4, 0.5) is 0 Å². The van der Waals surface area contributed by atoms with Crippen LogP contribution >= 0.6 is 11.3 Å². The van der Waals surface area contributed by atoms with Crippen molar-refractivity contribution >= 4 is 17.3 Å². The number of quaternary nitrogens is 1. The molecule has 1 fully saturated rings. The van der Waals surface area contributed by atoms with Crippen molar-refractivity contribution < 1.29 is 19.5 Å². The highest BCUT2D eigenvalue weighted by Crippen LogP contribution is 2.26. The molecule has 1 aliphatic heterocycles. The second-order valence-electron chi connectivity index (χ2n) is 5.41. The van der Waals surface area contributed by atoms with E-state index in [1.807, 2.05) is 24.3 Å². The molecular weight excluding hydrogens is 300 g/mol. The third-order valence-corrected chi connectivity index (χ3v) is 4.72. The quantitative estimate of drug-likeness (QED) is 0.828. The van der Waals surface area contributed by atoms with Crippen molar-refractivity contribution in [2.24, 2.45) is 0 Å². The fraction of sp³-hybridized carbons (Fsp3) is 0.375. The number of nitrogens with one attached hydrogen (secondary N) is 1. The predicted octanol–water partition coefficient (Wildman–Crippen LogP) is 0.231. The van der Waals surface area contributed by atoms with Gasteiger partial charge >= 0.3 is 0 Å². The molecule has 1 N–H and O–H groups in total. The maximum atomic E-state index is 10.8. The van der Waals surface area contributed by atoms with Crippen LogP contribution in [-0.4, -0.2) is 37.2 Å². The summed E-state index contributed by atoms with van der Waals surface area (Å²) in [6.45, 7) is 4.21. The Bertz CT molecular complexity index is 650. The van der Waals surface area contributed by atoms with Gasteiger partial charge in [0.25, 0.3) is 0 Å². The van der Waals surface area contributed by atoms with Gasteiger partial charge in [0.15, 0.2) is 0 Å². The van der Waals surface area contributed by atoms with E-state index in [9.17, 15) is 9.90 Å². The molecule has 22 heavy (non-hydrogen) atoms. The topological polar surface area (TPSA) is 66.7 Å². The molecule has 6 heteroatoms. The van der Waals surface area contributed by atoms with Crippen LogP contribution < -0.4 is 14.7 Å². The zero-order chi connectivity index (χ0) is 15.4. The SMILES string of the molecule is O=C([O-])c1csc(-c2cccc(OCC[NH+]3CCCC3)c2)n1. The Morgan fingerprint density at radius 1 is 1.36 bits per heavy atom. The number of aromatic nitrogens is 1. The molecule has 0 atom stereocenters. The Balaban J connectivity index is 1.62. The number of likely N-dealkylation sites (tertiary alicyclic amines) is 1. The standard InChI is InChI=1S/C16H18N2O3S/c19-16(20)14-11-22-15(17-14)12-4-3-5-13(10-12)21-9-8-18-6-1-2-7-18/h3-5,10-11H,1-2,6-9H2,(H,19,20). The van der Waals surface area contributed by atoms with Gasteiger partial charge in [-0.05, 0) is 12.1 Å². The number of carbonyl (C=O) groups excluding carboxylic acids is 1. The highest BCUT2D eigenvalue weighted by atomic mass is 32.1.